The molecule has 0 aliphatic carbocycles. The largest absolute Gasteiger partial charge is 0.314 e. The monoisotopic (exact) mass is 393 g/mol. The van der Waals surface area contributed by atoms with Crippen molar-refractivity contribution in [3.63, 3.8) is 0 Å². The van der Waals surface area contributed by atoms with Gasteiger partial charge in [0.2, 0.25) is 5.82 Å². The lowest BCUT2D eigenvalue weighted by molar-refractivity contribution is -0.387. The summed E-state index contributed by atoms with van der Waals surface area (Å²) in [7, 11) is 0. The number of piperazine rings is 1. The van der Waals surface area contributed by atoms with Gasteiger partial charge in [0.05, 0.1) is 11.0 Å². The Hall–Kier alpha value is -1.25. The fraction of sp³-hybridized carbons (Fsp3) is 0.333. The molecule has 1 N–H and O–H groups in total. The molecule has 132 valence electrons. The third-order valence-corrected chi connectivity index (χ3v) is 4.74. The number of hydrogen-bond acceptors (Lipinski definition) is 5. The van der Waals surface area contributed by atoms with Gasteiger partial charge >= 0.3 is 5.69 Å². The summed E-state index contributed by atoms with van der Waals surface area (Å²) in [5, 5.41) is 16.3. The van der Waals surface area contributed by atoms with Crippen molar-refractivity contribution < 1.29 is 9.31 Å². The van der Waals surface area contributed by atoms with Crippen molar-refractivity contribution in [3.8, 4) is 0 Å². The number of nitrogens with zero attached hydrogens (tertiary/aromatic N) is 2. The minimum absolute atomic E-state index is 0. The SMILES string of the molecule is Cl.Cl.O=[N+]([O-])c1cc([C@H](c2cccs2)N2CCNCC2)ccc1F. The van der Waals surface area contributed by atoms with Crippen LogP contribution in [0.15, 0.2) is 35.7 Å². The summed E-state index contributed by atoms with van der Waals surface area (Å²) >= 11 is 1.61. The molecule has 1 atom stereocenters. The fourth-order valence-corrected chi connectivity index (χ4v) is 3.67. The van der Waals surface area contributed by atoms with Gasteiger partial charge < -0.3 is 5.32 Å². The van der Waals surface area contributed by atoms with Crippen LogP contribution in [-0.2, 0) is 0 Å². The van der Waals surface area contributed by atoms with Crippen molar-refractivity contribution in [1.82, 2.24) is 10.2 Å². The molecular weight excluding hydrogens is 376 g/mol. The first kappa shape index (κ1) is 20.8. The van der Waals surface area contributed by atoms with E-state index in [0.717, 1.165) is 36.6 Å². The second kappa shape index (κ2) is 9.29. The highest BCUT2D eigenvalue weighted by Crippen LogP contribution is 2.34. The second-order valence-electron chi connectivity index (χ2n) is 5.17. The molecule has 1 fully saturated rings. The summed E-state index contributed by atoms with van der Waals surface area (Å²) in [4.78, 5) is 13.7. The predicted molar refractivity (Wildman–Crippen MR) is 98.2 cm³/mol. The van der Waals surface area contributed by atoms with E-state index in [0.29, 0.717) is 0 Å². The topological polar surface area (TPSA) is 58.4 Å². The van der Waals surface area contributed by atoms with Crippen LogP contribution in [-0.4, -0.2) is 36.0 Å². The van der Waals surface area contributed by atoms with Gasteiger partial charge in [-0.2, -0.15) is 4.39 Å². The number of thiophene rings is 1. The van der Waals surface area contributed by atoms with Crippen molar-refractivity contribution >= 4 is 41.8 Å². The maximum atomic E-state index is 13.6. The first-order chi connectivity index (χ1) is 10.7. The van der Waals surface area contributed by atoms with Crippen molar-refractivity contribution in [2.75, 3.05) is 26.2 Å². The molecule has 0 bridgehead atoms. The van der Waals surface area contributed by atoms with Crippen LogP contribution < -0.4 is 5.32 Å². The molecule has 1 aliphatic rings. The highest BCUT2D eigenvalue weighted by Gasteiger charge is 2.27. The lowest BCUT2D eigenvalue weighted by Crippen LogP contribution is -2.45. The Morgan fingerprint density at radius 3 is 2.54 bits per heavy atom. The molecule has 3 rings (SSSR count). The molecule has 2 aromatic rings. The van der Waals surface area contributed by atoms with Crippen LogP contribution in [0.3, 0.4) is 0 Å². The van der Waals surface area contributed by atoms with Gasteiger partial charge in [-0.3, -0.25) is 15.0 Å². The zero-order chi connectivity index (χ0) is 15.5. The zero-order valence-corrected chi connectivity index (χ0v) is 15.1. The first-order valence-corrected chi connectivity index (χ1v) is 7.97. The molecule has 5 nitrogen and oxygen atoms in total. The quantitative estimate of drug-likeness (QED) is 0.636. The number of hydrogen-bond donors (Lipinski definition) is 1. The smallest absolute Gasteiger partial charge is 0.305 e. The van der Waals surface area contributed by atoms with E-state index in [9.17, 15) is 14.5 Å². The van der Waals surface area contributed by atoms with Crippen LogP contribution >= 0.6 is 36.2 Å². The Morgan fingerprint density at radius 1 is 1.25 bits per heavy atom. The van der Waals surface area contributed by atoms with E-state index >= 15 is 0 Å². The molecule has 0 spiro atoms. The Balaban J connectivity index is 0.00000144. The summed E-state index contributed by atoms with van der Waals surface area (Å²) in [5.41, 5.74) is 0.298. The van der Waals surface area contributed by atoms with Crippen LogP contribution in [0.25, 0.3) is 0 Å². The van der Waals surface area contributed by atoms with Gasteiger partial charge in [0, 0.05) is 37.1 Å². The van der Waals surface area contributed by atoms with E-state index in [1.165, 1.54) is 12.1 Å². The summed E-state index contributed by atoms with van der Waals surface area (Å²) in [6.45, 7) is 3.47. The highest BCUT2D eigenvalue weighted by molar-refractivity contribution is 7.10. The predicted octanol–water partition coefficient (Wildman–Crippen LogP) is 3.63. The molecule has 0 amide bonds. The minimum Gasteiger partial charge on any atom is -0.314 e. The van der Waals surface area contributed by atoms with Gasteiger partial charge in [-0.15, -0.1) is 36.2 Å². The number of halogens is 3. The number of nitro groups is 1. The molecular formula is C15H18Cl2FN3O2S. The van der Waals surface area contributed by atoms with Gasteiger partial charge in [0.1, 0.15) is 0 Å². The molecule has 2 heterocycles. The van der Waals surface area contributed by atoms with Crippen LogP contribution in [0.1, 0.15) is 16.5 Å². The molecule has 1 aromatic heterocycles. The van der Waals surface area contributed by atoms with Crippen LogP contribution in [0, 0.1) is 15.9 Å². The van der Waals surface area contributed by atoms with E-state index in [1.807, 2.05) is 17.5 Å². The summed E-state index contributed by atoms with van der Waals surface area (Å²) in [6, 6.07) is 8.12. The zero-order valence-electron chi connectivity index (χ0n) is 12.7. The molecule has 0 unspecified atom stereocenters. The number of nitro benzene ring substituents is 1. The molecule has 0 saturated carbocycles. The Kier molecular flexibility index (Phi) is 8.05. The van der Waals surface area contributed by atoms with Crippen LogP contribution in [0.5, 0.6) is 0 Å². The maximum Gasteiger partial charge on any atom is 0.305 e. The normalized spacial score (nSPS) is 15.9. The summed E-state index contributed by atoms with van der Waals surface area (Å²) in [6.07, 6.45) is 0. The Bertz CT molecular complexity index is 667. The summed E-state index contributed by atoms with van der Waals surface area (Å²) < 4.78 is 13.6. The van der Waals surface area contributed by atoms with Gasteiger partial charge in [-0.1, -0.05) is 12.1 Å². The third-order valence-electron chi connectivity index (χ3n) is 3.81. The van der Waals surface area contributed by atoms with Crippen molar-refractivity contribution in [2.24, 2.45) is 0 Å². The van der Waals surface area contributed by atoms with E-state index in [-0.39, 0.29) is 30.9 Å². The molecule has 1 aromatic carbocycles. The number of nitrogens with one attached hydrogen (secondary N) is 1. The Morgan fingerprint density at radius 2 is 1.96 bits per heavy atom. The molecule has 9 heteroatoms. The fourth-order valence-electron chi connectivity index (χ4n) is 2.78. The Labute approximate surface area is 155 Å². The van der Waals surface area contributed by atoms with Gasteiger partial charge in [-0.05, 0) is 23.1 Å². The first-order valence-electron chi connectivity index (χ1n) is 7.09. The highest BCUT2D eigenvalue weighted by atomic mass is 35.5. The molecule has 24 heavy (non-hydrogen) atoms. The van der Waals surface area contributed by atoms with Crippen LogP contribution in [0.4, 0.5) is 10.1 Å². The third kappa shape index (κ3) is 4.43. The molecule has 1 aliphatic heterocycles. The van der Waals surface area contributed by atoms with Crippen molar-refractivity contribution in [2.45, 2.75) is 6.04 Å². The average molecular weight is 394 g/mol. The van der Waals surface area contributed by atoms with Crippen molar-refractivity contribution in [1.29, 1.82) is 0 Å². The maximum absolute atomic E-state index is 13.6. The lowest BCUT2D eigenvalue weighted by atomic mass is 10.0. The molecule has 1 saturated heterocycles. The number of rotatable bonds is 4. The van der Waals surface area contributed by atoms with Crippen molar-refractivity contribution in [3.05, 3.63) is 62.1 Å². The van der Waals surface area contributed by atoms with E-state index < -0.39 is 16.4 Å². The van der Waals surface area contributed by atoms with Crippen LogP contribution in [0.2, 0.25) is 0 Å². The number of benzene rings is 1. The van der Waals surface area contributed by atoms with E-state index in [1.54, 1.807) is 17.4 Å². The van der Waals surface area contributed by atoms with Gasteiger partial charge in [-0.25, -0.2) is 0 Å². The lowest BCUT2D eigenvalue weighted by Gasteiger charge is -2.34. The summed E-state index contributed by atoms with van der Waals surface area (Å²) in [5.74, 6) is -0.793. The minimum atomic E-state index is -0.793. The average Bonchev–Trinajstić information content (AvgIpc) is 3.04. The second-order valence-corrected chi connectivity index (χ2v) is 6.15. The van der Waals surface area contributed by atoms with E-state index in [2.05, 4.69) is 10.2 Å². The van der Waals surface area contributed by atoms with Gasteiger partial charge in [0.25, 0.3) is 0 Å². The van der Waals surface area contributed by atoms with E-state index in [4.69, 9.17) is 0 Å². The molecule has 0 radical (unpaired) electrons. The standard InChI is InChI=1S/C15H16FN3O2S.2ClH/c16-12-4-3-11(10-13(12)19(20)21)15(14-2-1-9-22-14)18-7-5-17-6-8-18;;/h1-4,9-10,15,17H,5-8H2;2*1H/t15-;;/m1../s1. The van der Waals surface area contributed by atoms with Gasteiger partial charge in [0.15, 0.2) is 0 Å².